The van der Waals surface area contributed by atoms with Gasteiger partial charge in [-0.1, -0.05) is 30.3 Å². The number of nitrogens with one attached hydrogen (secondary N) is 1. The summed E-state index contributed by atoms with van der Waals surface area (Å²) in [6.45, 7) is 3.17. The molecular weight excluding hydrogens is 587 g/mol. The van der Waals surface area contributed by atoms with Gasteiger partial charge in [0, 0.05) is 26.3 Å². The molecule has 37 heavy (non-hydrogen) atoms. The topological polar surface area (TPSA) is 104 Å². The van der Waals surface area contributed by atoms with Gasteiger partial charge in [-0.05, 0) is 66.7 Å². The van der Waals surface area contributed by atoms with Crippen molar-refractivity contribution in [2.24, 2.45) is 0 Å². The van der Waals surface area contributed by atoms with Crippen LogP contribution in [0.5, 0.6) is 0 Å². The molecule has 11 heteroatoms. The highest BCUT2D eigenvalue weighted by molar-refractivity contribution is 14.1. The maximum atomic E-state index is 12.5. The van der Waals surface area contributed by atoms with Gasteiger partial charge in [-0.2, -0.15) is 5.10 Å². The van der Waals surface area contributed by atoms with E-state index < -0.39 is 6.09 Å². The van der Waals surface area contributed by atoms with Gasteiger partial charge in [0.2, 0.25) is 0 Å². The highest BCUT2D eigenvalue weighted by Crippen LogP contribution is 2.37. The highest BCUT2D eigenvalue weighted by atomic mass is 127. The first-order valence-electron chi connectivity index (χ1n) is 13.0. The Morgan fingerprint density at radius 1 is 1.16 bits per heavy atom. The molecule has 3 saturated heterocycles. The van der Waals surface area contributed by atoms with Gasteiger partial charge in [0.1, 0.15) is 17.9 Å². The van der Waals surface area contributed by atoms with E-state index >= 15 is 0 Å². The van der Waals surface area contributed by atoms with Crippen molar-refractivity contribution >= 4 is 45.7 Å². The molecule has 3 aliphatic heterocycles. The van der Waals surface area contributed by atoms with E-state index in [0.717, 1.165) is 84.5 Å². The number of hydrogen-bond donors (Lipinski definition) is 1. The van der Waals surface area contributed by atoms with Crippen LogP contribution in [0.25, 0.3) is 11.2 Å². The summed E-state index contributed by atoms with van der Waals surface area (Å²) >= 11 is 2.22. The van der Waals surface area contributed by atoms with Crippen molar-refractivity contribution in [2.45, 2.75) is 63.0 Å². The average Bonchev–Trinajstić information content (AvgIpc) is 3.48. The lowest BCUT2D eigenvalue weighted by Gasteiger charge is -2.42. The Morgan fingerprint density at radius 2 is 2.00 bits per heavy atom. The van der Waals surface area contributed by atoms with E-state index in [0.29, 0.717) is 6.61 Å². The molecule has 1 aromatic carbocycles. The number of aromatic nitrogens is 4. The van der Waals surface area contributed by atoms with Crippen molar-refractivity contribution in [3.63, 3.8) is 0 Å². The lowest BCUT2D eigenvalue weighted by atomic mass is 9.84. The minimum Gasteiger partial charge on any atom is -0.445 e. The van der Waals surface area contributed by atoms with Crippen LogP contribution >= 0.6 is 22.6 Å². The summed E-state index contributed by atoms with van der Waals surface area (Å²) in [5.74, 6) is 0.834. The van der Waals surface area contributed by atoms with Crippen LogP contribution in [0.1, 0.15) is 50.3 Å². The summed E-state index contributed by atoms with van der Waals surface area (Å²) in [4.78, 5) is 24.5. The van der Waals surface area contributed by atoms with Crippen molar-refractivity contribution in [3.05, 3.63) is 45.8 Å². The first-order chi connectivity index (χ1) is 18.1. The van der Waals surface area contributed by atoms with Gasteiger partial charge in [0.25, 0.3) is 0 Å². The van der Waals surface area contributed by atoms with Gasteiger partial charge in [-0.15, -0.1) is 0 Å². The fraction of sp³-hybridized carbons (Fsp3) is 0.538. The van der Waals surface area contributed by atoms with Crippen LogP contribution in [0.3, 0.4) is 0 Å². The zero-order valence-corrected chi connectivity index (χ0v) is 22.8. The number of amides is 1. The Balaban J connectivity index is 1.11. The largest absolute Gasteiger partial charge is 0.445 e. The second-order valence-electron chi connectivity index (χ2n) is 9.90. The maximum absolute atomic E-state index is 12.5. The molecule has 3 aromatic rings. The highest BCUT2D eigenvalue weighted by Gasteiger charge is 2.47. The lowest BCUT2D eigenvalue weighted by Crippen LogP contribution is -2.55. The average molecular weight is 618 g/mol. The smallest absolute Gasteiger partial charge is 0.407 e. The molecule has 0 bridgehead atoms. The number of carbonyl (C=O) groups excluding carboxylic acids is 1. The molecule has 196 valence electrons. The third-order valence-electron chi connectivity index (χ3n) is 7.65. The second kappa shape index (κ2) is 10.7. The first kappa shape index (κ1) is 24.8. The molecule has 10 nitrogen and oxygen atoms in total. The molecule has 1 amide bonds. The van der Waals surface area contributed by atoms with Crippen LogP contribution in [0.15, 0.2) is 36.5 Å². The zero-order valence-electron chi connectivity index (χ0n) is 20.6. The first-order valence-corrected chi connectivity index (χ1v) is 14.1. The third kappa shape index (κ3) is 5.13. The number of halogens is 1. The molecule has 6 rings (SSSR count). The summed E-state index contributed by atoms with van der Waals surface area (Å²) in [5.41, 5.74) is 2.16. The quantitative estimate of drug-likeness (QED) is 0.425. The summed E-state index contributed by atoms with van der Waals surface area (Å²) in [5, 5.41) is 7.77. The molecule has 3 fully saturated rings. The van der Waals surface area contributed by atoms with E-state index in [2.05, 4.69) is 32.8 Å². The summed E-state index contributed by atoms with van der Waals surface area (Å²) in [7, 11) is 0. The van der Waals surface area contributed by atoms with Crippen LogP contribution in [0, 0.1) is 3.70 Å². The van der Waals surface area contributed by atoms with Crippen molar-refractivity contribution in [1.82, 2.24) is 25.1 Å². The molecule has 2 aromatic heterocycles. The standard InChI is InChI=1S/C26H31IN6O4/c27-23-22-24(33(31-23)21-8-4-5-14-35-21)30-20(16-28-22)32-12-10-26(11-13-32)19(9-15-37-26)29-25(34)36-17-18-6-2-1-3-7-18/h1-3,6-7,16,19,21H,4-5,8-15,17H2,(H,29,34). The Labute approximate surface area is 229 Å². The number of anilines is 1. The molecule has 3 aliphatic rings. The number of carbonyl (C=O) groups is 1. The SMILES string of the molecule is O=C(NC1CCOC12CCN(c1cnc3c(I)nn(C4CCCCO4)c3n1)CC2)OCc1ccccc1. The van der Waals surface area contributed by atoms with Gasteiger partial charge in [-0.3, -0.25) is 0 Å². The van der Waals surface area contributed by atoms with Gasteiger partial charge < -0.3 is 24.4 Å². The molecule has 5 heterocycles. The maximum Gasteiger partial charge on any atom is 0.407 e. The number of benzene rings is 1. The lowest BCUT2D eigenvalue weighted by molar-refractivity contribution is -0.0372. The number of fused-ring (bicyclic) bond motifs is 1. The summed E-state index contributed by atoms with van der Waals surface area (Å²) in [6.07, 6.45) is 6.86. The Kier molecular flexibility index (Phi) is 7.17. The number of piperidine rings is 1. The van der Waals surface area contributed by atoms with Crippen molar-refractivity contribution in [1.29, 1.82) is 0 Å². The van der Waals surface area contributed by atoms with Gasteiger partial charge in [-0.25, -0.2) is 19.4 Å². The molecule has 0 radical (unpaired) electrons. The van der Waals surface area contributed by atoms with E-state index in [1.807, 2.05) is 41.2 Å². The van der Waals surface area contributed by atoms with Gasteiger partial charge in [0.15, 0.2) is 15.6 Å². The number of alkyl carbamates (subject to hydrolysis) is 1. The van der Waals surface area contributed by atoms with E-state index in [9.17, 15) is 4.79 Å². The molecule has 2 unspecified atom stereocenters. The predicted octanol–water partition coefficient (Wildman–Crippen LogP) is 4.18. The number of ether oxygens (including phenoxy) is 3. The molecular formula is C26H31IN6O4. The van der Waals surface area contributed by atoms with E-state index in [1.165, 1.54) is 0 Å². The van der Waals surface area contributed by atoms with E-state index in [-0.39, 0.29) is 24.5 Å². The fourth-order valence-corrected chi connectivity index (χ4v) is 6.21. The molecule has 0 saturated carbocycles. The Morgan fingerprint density at radius 3 is 2.78 bits per heavy atom. The normalized spacial score (nSPS) is 23.4. The summed E-state index contributed by atoms with van der Waals surface area (Å²) in [6, 6.07) is 9.63. The fourth-order valence-electron chi connectivity index (χ4n) is 5.60. The predicted molar refractivity (Wildman–Crippen MR) is 145 cm³/mol. The monoisotopic (exact) mass is 618 g/mol. The summed E-state index contributed by atoms with van der Waals surface area (Å²) < 4.78 is 20.4. The van der Waals surface area contributed by atoms with Crippen molar-refractivity contribution in [2.75, 3.05) is 31.2 Å². The zero-order chi connectivity index (χ0) is 25.2. The number of rotatable bonds is 5. The van der Waals surface area contributed by atoms with Crippen LogP contribution in [0.2, 0.25) is 0 Å². The van der Waals surface area contributed by atoms with E-state index in [4.69, 9.17) is 29.3 Å². The van der Waals surface area contributed by atoms with Crippen LogP contribution in [-0.4, -0.2) is 63.8 Å². The number of hydrogen-bond acceptors (Lipinski definition) is 8. The third-order valence-corrected chi connectivity index (χ3v) is 8.37. The van der Waals surface area contributed by atoms with Gasteiger partial charge >= 0.3 is 6.09 Å². The van der Waals surface area contributed by atoms with E-state index in [1.54, 1.807) is 0 Å². The van der Waals surface area contributed by atoms with Crippen molar-refractivity contribution in [3.8, 4) is 0 Å². The minimum absolute atomic E-state index is 0.0713. The second-order valence-corrected chi connectivity index (χ2v) is 10.9. The van der Waals surface area contributed by atoms with Crippen molar-refractivity contribution < 1.29 is 19.0 Å². The van der Waals surface area contributed by atoms with Crippen LogP contribution < -0.4 is 10.2 Å². The Bertz CT molecular complexity index is 1240. The Hall–Kier alpha value is -2.51. The molecule has 1 spiro atoms. The molecule has 1 N–H and O–H groups in total. The molecule has 2 atom stereocenters. The van der Waals surface area contributed by atoms with Gasteiger partial charge in [0.05, 0.1) is 17.8 Å². The van der Waals surface area contributed by atoms with Crippen LogP contribution in [0.4, 0.5) is 10.6 Å². The van der Waals surface area contributed by atoms with Crippen LogP contribution in [-0.2, 0) is 20.8 Å². The minimum atomic E-state index is -0.398. The molecule has 0 aliphatic carbocycles. The number of nitrogens with zero attached hydrogens (tertiary/aromatic N) is 5.